The Hall–Kier alpha value is -1.73. The quantitative estimate of drug-likeness (QED) is 0.673. The number of nitrogens with one attached hydrogen (secondary N) is 2. The molecule has 0 radical (unpaired) electrons. The van der Waals surface area contributed by atoms with E-state index in [1.807, 2.05) is 0 Å². The molecule has 0 aliphatic rings. The maximum absolute atomic E-state index is 11.8. The van der Waals surface area contributed by atoms with E-state index in [9.17, 15) is 18.7 Å². The Balaban J connectivity index is 2.30. The van der Waals surface area contributed by atoms with Gasteiger partial charge in [-0.3, -0.25) is 0 Å². The van der Waals surface area contributed by atoms with Crippen molar-refractivity contribution in [1.29, 1.82) is 0 Å². The zero-order valence-corrected chi connectivity index (χ0v) is 11.1. The van der Waals surface area contributed by atoms with Gasteiger partial charge in [0.1, 0.15) is 6.61 Å². The van der Waals surface area contributed by atoms with E-state index in [0.717, 1.165) is 0 Å². The Bertz CT molecular complexity index is 428. The van der Waals surface area contributed by atoms with Crippen LogP contribution in [-0.4, -0.2) is 37.3 Å². The number of aliphatic hydroxyl groups is 1. The Morgan fingerprint density at radius 3 is 2.85 bits per heavy atom. The molecule has 1 aromatic carbocycles. The fourth-order valence-electron chi connectivity index (χ4n) is 1.46. The summed E-state index contributed by atoms with van der Waals surface area (Å²) in [6, 6.07) is 6.32. The number of carbonyl (C=O) groups excluding carboxylic acids is 1. The van der Waals surface area contributed by atoms with Crippen LogP contribution in [0.2, 0.25) is 0 Å². The van der Waals surface area contributed by atoms with Crippen LogP contribution >= 0.6 is 0 Å². The number of halogens is 2. The van der Waals surface area contributed by atoms with Gasteiger partial charge in [0.05, 0.1) is 12.7 Å². The second-order valence-electron chi connectivity index (χ2n) is 4.15. The molecule has 1 rings (SSSR count). The van der Waals surface area contributed by atoms with Crippen molar-refractivity contribution in [1.82, 2.24) is 5.32 Å². The predicted molar refractivity (Wildman–Crippen MR) is 70.9 cm³/mol. The fourth-order valence-corrected chi connectivity index (χ4v) is 1.46. The van der Waals surface area contributed by atoms with E-state index in [4.69, 9.17) is 0 Å². The molecule has 0 saturated carbocycles. The SMILES string of the molecule is CC(O)c1cccc(NC(=O)NCCOCC(F)F)c1. The van der Waals surface area contributed by atoms with Gasteiger partial charge in [-0.2, -0.15) is 0 Å². The molecule has 1 unspecified atom stereocenters. The van der Waals surface area contributed by atoms with Gasteiger partial charge in [0.2, 0.25) is 0 Å². The number of rotatable bonds is 7. The number of aliphatic hydroxyl groups excluding tert-OH is 1. The highest BCUT2D eigenvalue weighted by Crippen LogP contribution is 2.16. The van der Waals surface area contributed by atoms with Gasteiger partial charge in [-0.15, -0.1) is 0 Å². The molecule has 0 spiro atoms. The number of hydrogen-bond donors (Lipinski definition) is 3. The topological polar surface area (TPSA) is 70.6 Å². The summed E-state index contributed by atoms with van der Waals surface area (Å²) in [7, 11) is 0. The minimum atomic E-state index is -2.51. The molecular formula is C13H18F2N2O3. The van der Waals surface area contributed by atoms with E-state index < -0.39 is 25.2 Å². The lowest BCUT2D eigenvalue weighted by Crippen LogP contribution is -2.31. The highest BCUT2D eigenvalue weighted by Gasteiger charge is 2.05. The lowest BCUT2D eigenvalue weighted by Gasteiger charge is -2.10. The van der Waals surface area contributed by atoms with Crippen molar-refractivity contribution in [3.8, 4) is 0 Å². The molecule has 20 heavy (non-hydrogen) atoms. The van der Waals surface area contributed by atoms with Gasteiger partial charge in [0, 0.05) is 12.2 Å². The molecule has 7 heteroatoms. The lowest BCUT2D eigenvalue weighted by atomic mass is 10.1. The van der Waals surface area contributed by atoms with Gasteiger partial charge in [-0.1, -0.05) is 12.1 Å². The molecule has 1 aromatic rings. The second kappa shape index (κ2) is 8.44. The summed E-state index contributed by atoms with van der Waals surface area (Å²) in [5.41, 5.74) is 1.22. The molecule has 0 aromatic heterocycles. The van der Waals surface area contributed by atoms with E-state index in [0.29, 0.717) is 11.3 Å². The standard InChI is InChI=1S/C13H18F2N2O3/c1-9(18)10-3-2-4-11(7-10)17-13(19)16-5-6-20-8-12(14)15/h2-4,7,9,12,18H,5-6,8H2,1H3,(H2,16,17,19). The first kappa shape index (κ1) is 16.3. The highest BCUT2D eigenvalue weighted by atomic mass is 19.3. The third-order valence-electron chi connectivity index (χ3n) is 2.40. The van der Waals surface area contributed by atoms with Crippen molar-refractivity contribution in [3.63, 3.8) is 0 Å². The zero-order valence-electron chi connectivity index (χ0n) is 11.1. The van der Waals surface area contributed by atoms with Crippen LogP contribution in [0, 0.1) is 0 Å². The Labute approximate surface area is 115 Å². The maximum Gasteiger partial charge on any atom is 0.319 e. The first-order chi connectivity index (χ1) is 9.49. The third kappa shape index (κ3) is 6.44. The Kier molecular flexibility index (Phi) is 6.89. The summed E-state index contributed by atoms with van der Waals surface area (Å²) in [5, 5.41) is 14.5. The Morgan fingerprint density at radius 1 is 1.45 bits per heavy atom. The smallest absolute Gasteiger partial charge is 0.319 e. The summed E-state index contributed by atoms with van der Waals surface area (Å²) >= 11 is 0. The van der Waals surface area contributed by atoms with Crippen molar-refractivity contribution >= 4 is 11.7 Å². The van der Waals surface area contributed by atoms with Crippen LogP contribution in [0.5, 0.6) is 0 Å². The number of amides is 2. The first-order valence-electron chi connectivity index (χ1n) is 6.18. The lowest BCUT2D eigenvalue weighted by molar-refractivity contribution is 0.0194. The van der Waals surface area contributed by atoms with Crippen molar-refractivity contribution in [2.24, 2.45) is 0 Å². The van der Waals surface area contributed by atoms with Crippen LogP contribution < -0.4 is 10.6 Å². The van der Waals surface area contributed by atoms with Crippen molar-refractivity contribution in [2.45, 2.75) is 19.5 Å². The van der Waals surface area contributed by atoms with Gasteiger partial charge in [-0.05, 0) is 24.6 Å². The van der Waals surface area contributed by atoms with Gasteiger partial charge in [-0.25, -0.2) is 13.6 Å². The van der Waals surface area contributed by atoms with Crippen LogP contribution in [0.25, 0.3) is 0 Å². The molecule has 0 heterocycles. The average molecular weight is 288 g/mol. The van der Waals surface area contributed by atoms with Crippen LogP contribution in [0.4, 0.5) is 19.3 Å². The zero-order chi connectivity index (χ0) is 15.0. The number of alkyl halides is 2. The number of anilines is 1. The molecule has 0 saturated heterocycles. The molecule has 5 nitrogen and oxygen atoms in total. The van der Waals surface area contributed by atoms with Crippen molar-refractivity contribution in [3.05, 3.63) is 29.8 Å². The summed E-state index contributed by atoms with van der Waals surface area (Å²) in [6.45, 7) is 1.14. The number of carbonyl (C=O) groups is 1. The second-order valence-corrected chi connectivity index (χ2v) is 4.15. The summed E-state index contributed by atoms with van der Waals surface area (Å²) in [5.74, 6) is 0. The minimum absolute atomic E-state index is 0.0193. The summed E-state index contributed by atoms with van der Waals surface area (Å²) in [4.78, 5) is 11.5. The molecule has 1 atom stereocenters. The van der Waals surface area contributed by atoms with E-state index in [-0.39, 0.29) is 13.2 Å². The van der Waals surface area contributed by atoms with Gasteiger partial charge in [0.15, 0.2) is 0 Å². The normalized spacial score (nSPS) is 12.2. The van der Waals surface area contributed by atoms with Crippen LogP contribution in [0.1, 0.15) is 18.6 Å². The first-order valence-corrected chi connectivity index (χ1v) is 6.18. The molecule has 3 N–H and O–H groups in total. The monoisotopic (exact) mass is 288 g/mol. The molecule has 0 bridgehead atoms. The van der Waals surface area contributed by atoms with E-state index in [2.05, 4.69) is 15.4 Å². The summed E-state index contributed by atoms with van der Waals surface area (Å²) < 4.78 is 28.2. The summed E-state index contributed by atoms with van der Waals surface area (Å²) in [6.07, 6.45) is -3.13. The van der Waals surface area contributed by atoms with Gasteiger partial charge < -0.3 is 20.5 Å². The largest absolute Gasteiger partial charge is 0.389 e. The van der Waals surface area contributed by atoms with Crippen LogP contribution in [0.3, 0.4) is 0 Å². The van der Waals surface area contributed by atoms with E-state index in [1.165, 1.54) is 0 Å². The molecule has 2 amide bonds. The van der Waals surface area contributed by atoms with E-state index in [1.54, 1.807) is 31.2 Å². The third-order valence-corrected chi connectivity index (χ3v) is 2.40. The van der Waals surface area contributed by atoms with Crippen LogP contribution in [-0.2, 0) is 4.74 Å². The van der Waals surface area contributed by atoms with Gasteiger partial charge >= 0.3 is 6.03 Å². The number of hydrogen-bond acceptors (Lipinski definition) is 3. The van der Waals surface area contributed by atoms with Crippen molar-refractivity contribution < 1.29 is 23.4 Å². The molecule has 112 valence electrons. The van der Waals surface area contributed by atoms with Crippen LogP contribution in [0.15, 0.2) is 24.3 Å². The molecule has 0 aliphatic heterocycles. The average Bonchev–Trinajstić information content (AvgIpc) is 2.38. The molecule has 0 aliphatic carbocycles. The maximum atomic E-state index is 11.8. The number of urea groups is 1. The van der Waals surface area contributed by atoms with Crippen molar-refractivity contribution in [2.75, 3.05) is 25.1 Å². The molecule has 0 fully saturated rings. The van der Waals surface area contributed by atoms with E-state index >= 15 is 0 Å². The fraction of sp³-hybridized carbons (Fsp3) is 0.462. The molecular weight excluding hydrogens is 270 g/mol. The highest BCUT2D eigenvalue weighted by molar-refractivity contribution is 5.89. The Morgan fingerprint density at radius 2 is 2.20 bits per heavy atom. The number of ether oxygens (including phenoxy) is 1. The predicted octanol–water partition coefficient (Wildman–Crippen LogP) is 2.14. The minimum Gasteiger partial charge on any atom is -0.389 e. The number of benzene rings is 1. The van der Waals surface area contributed by atoms with Gasteiger partial charge in [0.25, 0.3) is 6.43 Å².